The molecular formula is C18H18N2O4. The molecule has 124 valence electrons. The van der Waals surface area contributed by atoms with Gasteiger partial charge in [0.2, 0.25) is 5.91 Å². The Hall–Kier alpha value is -3.02. The van der Waals surface area contributed by atoms with Gasteiger partial charge in [0.15, 0.2) is 11.5 Å². The van der Waals surface area contributed by atoms with Gasteiger partial charge in [-0.25, -0.2) is 0 Å². The SMILES string of the molecule is NC(=O)c1ccccc1NC(=O)Cc1ccc2c(c1)OCCCO2. The molecule has 0 spiro atoms. The fourth-order valence-corrected chi connectivity index (χ4v) is 2.50. The van der Waals surface area contributed by atoms with E-state index in [1.165, 1.54) is 0 Å². The Morgan fingerprint density at radius 2 is 1.79 bits per heavy atom. The van der Waals surface area contributed by atoms with Gasteiger partial charge >= 0.3 is 0 Å². The van der Waals surface area contributed by atoms with E-state index in [1.807, 2.05) is 6.07 Å². The van der Waals surface area contributed by atoms with E-state index in [4.69, 9.17) is 15.2 Å². The Morgan fingerprint density at radius 1 is 1.04 bits per heavy atom. The molecule has 0 fully saturated rings. The van der Waals surface area contributed by atoms with Crippen molar-refractivity contribution in [2.24, 2.45) is 5.73 Å². The molecule has 6 nitrogen and oxygen atoms in total. The van der Waals surface area contributed by atoms with Crippen LogP contribution in [-0.2, 0) is 11.2 Å². The summed E-state index contributed by atoms with van der Waals surface area (Å²) in [5.41, 5.74) is 6.80. The smallest absolute Gasteiger partial charge is 0.250 e. The molecule has 6 heteroatoms. The van der Waals surface area contributed by atoms with Crippen molar-refractivity contribution in [2.75, 3.05) is 18.5 Å². The predicted molar refractivity (Wildman–Crippen MR) is 89.3 cm³/mol. The highest BCUT2D eigenvalue weighted by atomic mass is 16.5. The zero-order valence-electron chi connectivity index (χ0n) is 13.1. The summed E-state index contributed by atoms with van der Waals surface area (Å²) in [6.45, 7) is 1.21. The normalized spacial score (nSPS) is 13.0. The molecule has 2 aromatic rings. The summed E-state index contributed by atoms with van der Waals surface area (Å²) in [6.07, 6.45) is 0.984. The van der Waals surface area contributed by atoms with E-state index >= 15 is 0 Å². The number of fused-ring (bicyclic) bond motifs is 1. The monoisotopic (exact) mass is 326 g/mol. The van der Waals surface area contributed by atoms with Crippen molar-refractivity contribution < 1.29 is 19.1 Å². The standard InChI is InChI=1S/C18H18N2O4/c19-18(22)13-4-1-2-5-14(13)20-17(21)11-12-6-7-15-16(10-12)24-9-3-8-23-15/h1-2,4-7,10H,3,8-9,11H2,(H2,19,22)(H,20,21). The third kappa shape index (κ3) is 3.65. The van der Waals surface area contributed by atoms with Crippen LogP contribution in [0.2, 0.25) is 0 Å². The molecule has 0 saturated heterocycles. The first-order valence-corrected chi connectivity index (χ1v) is 7.71. The minimum Gasteiger partial charge on any atom is -0.490 e. The molecule has 2 aromatic carbocycles. The van der Waals surface area contributed by atoms with Crippen molar-refractivity contribution in [3.05, 3.63) is 53.6 Å². The van der Waals surface area contributed by atoms with Crippen LogP contribution in [0.5, 0.6) is 11.5 Å². The van der Waals surface area contributed by atoms with Crippen molar-refractivity contribution in [1.82, 2.24) is 0 Å². The van der Waals surface area contributed by atoms with Crippen LogP contribution in [0.15, 0.2) is 42.5 Å². The number of para-hydroxylation sites is 1. The van der Waals surface area contributed by atoms with Gasteiger partial charge in [0.25, 0.3) is 5.91 Å². The highest BCUT2D eigenvalue weighted by molar-refractivity contribution is 6.03. The number of primary amides is 1. The van der Waals surface area contributed by atoms with Crippen molar-refractivity contribution in [2.45, 2.75) is 12.8 Å². The number of hydrogen-bond donors (Lipinski definition) is 2. The third-order valence-electron chi connectivity index (χ3n) is 3.64. The van der Waals surface area contributed by atoms with Gasteiger partial charge in [-0.3, -0.25) is 9.59 Å². The number of carbonyl (C=O) groups excluding carboxylic acids is 2. The number of nitrogens with one attached hydrogen (secondary N) is 1. The zero-order chi connectivity index (χ0) is 16.9. The van der Waals surface area contributed by atoms with Gasteiger partial charge in [0, 0.05) is 6.42 Å². The van der Waals surface area contributed by atoms with Crippen LogP contribution in [0.4, 0.5) is 5.69 Å². The van der Waals surface area contributed by atoms with Crippen molar-refractivity contribution in [3.63, 3.8) is 0 Å². The lowest BCUT2D eigenvalue weighted by Gasteiger charge is -2.11. The summed E-state index contributed by atoms with van der Waals surface area (Å²) in [4.78, 5) is 23.7. The van der Waals surface area contributed by atoms with Gasteiger partial charge < -0.3 is 20.5 Å². The summed E-state index contributed by atoms with van der Waals surface area (Å²) in [6, 6.07) is 12.1. The van der Waals surface area contributed by atoms with Gasteiger partial charge in [-0.2, -0.15) is 0 Å². The van der Waals surface area contributed by atoms with Crippen LogP contribution in [-0.4, -0.2) is 25.0 Å². The highest BCUT2D eigenvalue weighted by Gasteiger charge is 2.14. The fraction of sp³-hybridized carbons (Fsp3) is 0.222. The molecule has 3 rings (SSSR count). The van der Waals surface area contributed by atoms with E-state index in [0.29, 0.717) is 30.4 Å². The number of anilines is 1. The van der Waals surface area contributed by atoms with Crippen LogP contribution in [0.3, 0.4) is 0 Å². The largest absolute Gasteiger partial charge is 0.490 e. The van der Waals surface area contributed by atoms with E-state index < -0.39 is 5.91 Å². The number of benzene rings is 2. The summed E-state index contributed by atoms with van der Waals surface area (Å²) in [7, 11) is 0. The summed E-state index contributed by atoms with van der Waals surface area (Å²) in [5, 5.41) is 2.72. The number of ether oxygens (including phenoxy) is 2. The second kappa shape index (κ2) is 7.04. The average Bonchev–Trinajstić information content (AvgIpc) is 2.80. The van der Waals surface area contributed by atoms with Crippen LogP contribution in [0.1, 0.15) is 22.3 Å². The van der Waals surface area contributed by atoms with E-state index in [-0.39, 0.29) is 17.9 Å². The Morgan fingerprint density at radius 3 is 2.58 bits per heavy atom. The highest BCUT2D eigenvalue weighted by Crippen LogP contribution is 2.30. The Balaban J connectivity index is 1.72. The predicted octanol–water partition coefficient (Wildman–Crippen LogP) is 2.13. The van der Waals surface area contributed by atoms with Gasteiger partial charge in [-0.05, 0) is 29.8 Å². The van der Waals surface area contributed by atoms with Crippen LogP contribution < -0.4 is 20.5 Å². The first-order chi connectivity index (χ1) is 11.6. The van der Waals surface area contributed by atoms with E-state index in [2.05, 4.69) is 5.32 Å². The molecule has 3 N–H and O–H groups in total. The number of nitrogens with two attached hydrogens (primary N) is 1. The molecule has 0 bridgehead atoms. The molecule has 1 aliphatic rings. The van der Waals surface area contributed by atoms with Crippen LogP contribution in [0.25, 0.3) is 0 Å². The number of hydrogen-bond acceptors (Lipinski definition) is 4. The third-order valence-corrected chi connectivity index (χ3v) is 3.64. The Kier molecular flexibility index (Phi) is 4.65. The van der Waals surface area contributed by atoms with Crippen molar-refractivity contribution in [3.8, 4) is 11.5 Å². The van der Waals surface area contributed by atoms with Crippen LogP contribution >= 0.6 is 0 Å². The number of carbonyl (C=O) groups is 2. The first kappa shape index (κ1) is 15.9. The van der Waals surface area contributed by atoms with Crippen molar-refractivity contribution in [1.29, 1.82) is 0 Å². The maximum absolute atomic E-state index is 12.3. The number of rotatable bonds is 4. The summed E-state index contributed by atoms with van der Waals surface area (Å²) < 4.78 is 11.2. The average molecular weight is 326 g/mol. The molecular weight excluding hydrogens is 308 g/mol. The molecule has 0 atom stereocenters. The molecule has 1 aliphatic heterocycles. The lowest BCUT2D eigenvalue weighted by molar-refractivity contribution is -0.115. The molecule has 0 saturated carbocycles. The maximum Gasteiger partial charge on any atom is 0.250 e. The van der Waals surface area contributed by atoms with Gasteiger partial charge in [0.05, 0.1) is 30.9 Å². The molecule has 1 heterocycles. The number of amides is 2. The van der Waals surface area contributed by atoms with E-state index in [0.717, 1.165) is 12.0 Å². The van der Waals surface area contributed by atoms with Gasteiger partial charge in [-0.1, -0.05) is 18.2 Å². The second-order valence-corrected chi connectivity index (χ2v) is 5.47. The molecule has 2 amide bonds. The second-order valence-electron chi connectivity index (χ2n) is 5.47. The van der Waals surface area contributed by atoms with Gasteiger partial charge in [0.1, 0.15) is 0 Å². The lowest BCUT2D eigenvalue weighted by atomic mass is 10.1. The summed E-state index contributed by atoms with van der Waals surface area (Å²) >= 11 is 0. The molecule has 0 aromatic heterocycles. The fourth-order valence-electron chi connectivity index (χ4n) is 2.50. The molecule has 24 heavy (non-hydrogen) atoms. The Labute approximate surface area is 139 Å². The molecule has 0 aliphatic carbocycles. The van der Waals surface area contributed by atoms with E-state index in [9.17, 15) is 9.59 Å². The van der Waals surface area contributed by atoms with E-state index in [1.54, 1.807) is 36.4 Å². The zero-order valence-corrected chi connectivity index (χ0v) is 13.1. The van der Waals surface area contributed by atoms with Gasteiger partial charge in [-0.15, -0.1) is 0 Å². The lowest BCUT2D eigenvalue weighted by Crippen LogP contribution is -2.19. The Bertz CT molecular complexity index is 773. The summed E-state index contributed by atoms with van der Waals surface area (Å²) in [5.74, 6) is 0.519. The van der Waals surface area contributed by atoms with Crippen molar-refractivity contribution >= 4 is 17.5 Å². The topological polar surface area (TPSA) is 90.7 Å². The quantitative estimate of drug-likeness (QED) is 0.900. The minimum absolute atomic E-state index is 0.156. The minimum atomic E-state index is -0.582. The molecule has 0 radical (unpaired) electrons. The first-order valence-electron chi connectivity index (χ1n) is 7.71. The van der Waals surface area contributed by atoms with Crippen LogP contribution in [0, 0.1) is 0 Å². The molecule has 0 unspecified atom stereocenters. The maximum atomic E-state index is 12.3.